The van der Waals surface area contributed by atoms with Crippen LogP contribution in [0, 0.1) is 18.3 Å². The molecule has 2 aromatic heterocycles. The SMILES string of the molecule is Cc1cc(C#N)nc(Sc2ccncc2N)n1. The zero-order valence-electron chi connectivity index (χ0n) is 9.08. The number of nitriles is 1. The Kier molecular flexibility index (Phi) is 3.21. The quantitative estimate of drug-likeness (QED) is 0.809. The lowest BCUT2D eigenvalue weighted by atomic mass is 10.4. The molecule has 0 radical (unpaired) electrons. The van der Waals surface area contributed by atoms with Gasteiger partial charge in [0, 0.05) is 16.8 Å². The minimum absolute atomic E-state index is 0.354. The summed E-state index contributed by atoms with van der Waals surface area (Å²) in [7, 11) is 0. The van der Waals surface area contributed by atoms with Crippen molar-refractivity contribution in [1.82, 2.24) is 15.0 Å². The monoisotopic (exact) mass is 243 g/mol. The molecule has 0 fully saturated rings. The van der Waals surface area contributed by atoms with Gasteiger partial charge in [-0.25, -0.2) is 9.97 Å². The molecule has 6 heteroatoms. The Balaban J connectivity index is 2.34. The summed E-state index contributed by atoms with van der Waals surface area (Å²) in [5, 5.41) is 9.34. The predicted molar refractivity (Wildman–Crippen MR) is 64.3 cm³/mol. The molecule has 0 spiro atoms. The third kappa shape index (κ3) is 2.71. The Morgan fingerprint density at radius 2 is 2.24 bits per heavy atom. The highest BCUT2D eigenvalue weighted by molar-refractivity contribution is 7.99. The van der Waals surface area contributed by atoms with E-state index in [-0.39, 0.29) is 0 Å². The summed E-state index contributed by atoms with van der Waals surface area (Å²) < 4.78 is 0. The number of hydrogen-bond donors (Lipinski definition) is 1. The van der Waals surface area contributed by atoms with E-state index >= 15 is 0 Å². The van der Waals surface area contributed by atoms with Gasteiger partial charge in [0.1, 0.15) is 11.8 Å². The van der Waals surface area contributed by atoms with Crippen LogP contribution < -0.4 is 5.73 Å². The van der Waals surface area contributed by atoms with Crippen molar-refractivity contribution in [2.75, 3.05) is 5.73 Å². The fourth-order valence-corrected chi connectivity index (χ4v) is 2.06. The van der Waals surface area contributed by atoms with E-state index in [4.69, 9.17) is 11.0 Å². The van der Waals surface area contributed by atoms with Crippen LogP contribution in [0.25, 0.3) is 0 Å². The van der Waals surface area contributed by atoms with E-state index in [1.54, 1.807) is 24.5 Å². The number of anilines is 1. The van der Waals surface area contributed by atoms with Crippen LogP contribution in [0.5, 0.6) is 0 Å². The third-order valence-electron chi connectivity index (χ3n) is 1.96. The molecule has 2 N–H and O–H groups in total. The molecule has 84 valence electrons. The maximum absolute atomic E-state index is 8.82. The minimum atomic E-state index is 0.354. The molecule has 2 rings (SSSR count). The fourth-order valence-electron chi connectivity index (χ4n) is 1.23. The summed E-state index contributed by atoms with van der Waals surface area (Å²) in [5.41, 5.74) is 7.45. The summed E-state index contributed by atoms with van der Waals surface area (Å²) in [6, 6.07) is 5.43. The standard InChI is InChI=1S/C11H9N5S/c1-7-4-8(5-12)16-11(15-7)17-10-2-3-14-6-9(10)13/h2-4,6H,13H2,1H3. The second kappa shape index (κ2) is 4.80. The Bertz CT molecular complexity index is 591. The molecule has 0 aliphatic heterocycles. The molecule has 0 amide bonds. The first-order valence-electron chi connectivity index (χ1n) is 4.82. The highest BCUT2D eigenvalue weighted by Gasteiger charge is 2.06. The van der Waals surface area contributed by atoms with Crippen molar-refractivity contribution in [3.05, 3.63) is 35.9 Å². The maximum Gasteiger partial charge on any atom is 0.193 e. The van der Waals surface area contributed by atoms with Gasteiger partial charge >= 0.3 is 0 Å². The summed E-state index contributed by atoms with van der Waals surface area (Å²) in [6.07, 6.45) is 3.23. The second-order valence-electron chi connectivity index (χ2n) is 3.30. The van der Waals surface area contributed by atoms with Gasteiger partial charge in [-0.3, -0.25) is 4.98 Å². The van der Waals surface area contributed by atoms with E-state index < -0.39 is 0 Å². The van der Waals surface area contributed by atoms with Crippen LogP contribution in [0.4, 0.5) is 5.69 Å². The van der Waals surface area contributed by atoms with Gasteiger partial charge in [0.15, 0.2) is 5.16 Å². The molecule has 0 atom stereocenters. The number of aromatic nitrogens is 3. The molecule has 17 heavy (non-hydrogen) atoms. The average molecular weight is 243 g/mol. The summed E-state index contributed by atoms with van der Waals surface area (Å²) in [4.78, 5) is 13.1. The molecule has 0 unspecified atom stereocenters. The lowest BCUT2D eigenvalue weighted by Crippen LogP contribution is -1.95. The number of nitrogens with two attached hydrogens (primary N) is 1. The van der Waals surface area contributed by atoms with Gasteiger partial charge in [0.05, 0.1) is 11.9 Å². The Labute approximate surface area is 103 Å². The largest absolute Gasteiger partial charge is 0.397 e. The van der Waals surface area contributed by atoms with Crippen molar-refractivity contribution in [2.45, 2.75) is 17.0 Å². The molecule has 2 aromatic rings. The Hall–Kier alpha value is -2.13. The van der Waals surface area contributed by atoms with Crippen LogP contribution in [0.15, 0.2) is 34.6 Å². The molecule has 2 heterocycles. The molecule has 0 bridgehead atoms. The van der Waals surface area contributed by atoms with Gasteiger partial charge in [-0.2, -0.15) is 5.26 Å². The van der Waals surface area contributed by atoms with Crippen LogP contribution in [-0.4, -0.2) is 15.0 Å². The van der Waals surface area contributed by atoms with Gasteiger partial charge in [0.25, 0.3) is 0 Å². The number of pyridine rings is 1. The first-order chi connectivity index (χ1) is 8.19. The zero-order chi connectivity index (χ0) is 12.3. The predicted octanol–water partition coefficient (Wildman–Crippen LogP) is 1.79. The molecule has 0 aliphatic rings. The molecular formula is C11H9N5S. The Morgan fingerprint density at radius 1 is 1.41 bits per heavy atom. The smallest absolute Gasteiger partial charge is 0.193 e. The molecule has 0 saturated heterocycles. The van der Waals surface area contributed by atoms with Crippen LogP contribution in [-0.2, 0) is 0 Å². The van der Waals surface area contributed by atoms with Crippen molar-refractivity contribution < 1.29 is 0 Å². The Morgan fingerprint density at radius 3 is 2.94 bits per heavy atom. The number of hydrogen-bond acceptors (Lipinski definition) is 6. The normalized spacial score (nSPS) is 9.88. The molecule has 5 nitrogen and oxygen atoms in total. The second-order valence-corrected chi connectivity index (χ2v) is 4.31. The van der Waals surface area contributed by atoms with E-state index in [1.165, 1.54) is 11.8 Å². The van der Waals surface area contributed by atoms with Crippen LogP contribution >= 0.6 is 11.8 Å². The summed E-state index contributed by atoms with van der Waals surface area (Å²) >= 11 is 1.32. The van der Waals surface area contributed by atoms with Crippen LogP contribution in [0.2, 0.25) is 0 Å². The van der Waals surface area contributed by atoms with Gasteiger partial charge in [0.2, 0.25) is 0 Å². The van der Waals surface area contributed by atoms with Crippen molar-refractivity contribution in [2.24, 2.45) is 0 Å². The van der Waals surface area contributed by atoms with Crippen LogP contribution in [0.1, 0.15) is 11.4 Å². The van der Waals surface area contributed by atoms with Gasteiger partial charge in [-0.1, -0.05) is 0 Å². The van der Waals surface area contributed by atoms with Gasteiger partial charge in [-0.05, 0) is 30.8 Å². The number of aryl methyl sites for hydroxylation is 1. The van der Waals surface area contributed by atoms with E-state index in [0.717, 1.165) is 10.6 Å². The van der Waals surface area contributed by atoms with Gasteiger partial charge in [-0.15, -0.1) is 0 Å². The topological polar surface area (TPSA) is 88.5 Å². The van der Waals surface area contributed by atoms with Gasteiger partial charge < -0.3 is 5.73 Å². The molecule has 0 saturated carbocycles. The average Bonchev–Trinajstić information content (AvgIpc) is 2.31. The summed E-state index contributed by atoms with van der Waals surface area (Å²) in [6.45, 7) is 1.82. The van der Waals surface area contributed by atoms with Crippen molar-refractivity contribution >= 4 is 17.4 Å². The van der Waals surface area contributed by atoms with E-state index in [2.05, 4.69) is 15.0 Å². The lowest BCUT2D eigenvalue weighted by Gasteiger charge is -2.03. The third-order valence-corrected chi connectivity index (χ3v) is 2.92. The number of nitrogens with zero attached hydrogens (tertiary/aromatic N) is 4. The fraction of sp³-hybridized carbons (Fsp3) is 0.0909. The maximum atomic E-state index is 8.82. The number of rotatable bonds is 2. The molecule has 0 aliphatic carbocycles. The number of nitrogen functional groups attached to an aromatic ring is 1. The zero-order valence-corrected chi connectivity index (χ0v) is 9.90. The highest BCUT2D eigenvalue weighted by Crippen LogP contribution is 2.28. The molecular weight excluding hydrogens is 234 g/mol. The lowest BCUT2D eigenvalue weighted by molar-refractivity contribution is 0.919. The van der Waals surface area contributed by atoms with Crippen molar-refractivity contribution in [3.63, 3.8) is 0 Å². The van der Waals surface area contributed by atoms with E-state index in [9.17, 15) is 0 Å². The molecule has 0 aromatic carbocycles. The van der Waals surface area contributed by atoms with Crippen molar-refractivity contribution in [3.8, 4) is 6.07 Å². The van der Waals surface area contributed by atoms with Crippen LogP contribution in [0.3, 0.4) is 0 Å². The first-order valence-corrected chi connectivity index (χ1v) is 5.64. The minimum Gasteiger partial charge on any atom is -0.397 e. The first kappa shape index (κ1) is 11.4. The van der Waals surface area contributed by atoms with Crippen molar-refractivity contribution in [1.29, 1.82) is 5.26 Å². The highest BCUT2D eigenvalue weighted by atomic mass is 32.2. The van der Waals surface area contributed by atoms with E-state index in [1.807, 2.05) is 13.0 Å². The summed E-state index contributed by atoms with van der Waals surface area (Å²) in [5.74, 6) is 0. The van der Waals surface area contributed by atoms with E-state index in [0.29, 0.717) is 16.5 Å².